The molecular formula is C18H12ClN3O4S. The van der Waals surface area contributed by atoms with E-state index in [2.05, 4.69) is 14.9 Å². The highest BCUT2D eigenvalue weighted by atomic mass is 35.5. The van der Waals surface area contributed by atoms with E-state index in [-0.39, 0.29) is 22.4 Å². The van der Waals surface area contributed by atoms with Gasteiger partial charge in [0, 0.05) is 11.3 Å². The molecular weight excluding hydrogens is 390 g/mol. The Balaban J connectivity index is 1.58. The SMILES string of the molecule is O=S(=O)(Nc1ccccc1)c1ccc(-c2noc(-c3occc3Cl)n2)cc1. The molecule has 0 unspecified atom stereocenters. The molecule has 0 saturated carbocycles. The van der Waals surface area contributed by atoms with Gasteiger partial charge in [-0.2, -0.15) is 4.98 Å². The molecule has 4 aromatic rings. The Morgan fingerprint density at radius 3 is 2.37 bits per heavy atom. The summed E-state index contributed by atoms with van der Waals surface area (Å²) in [5.41, 5.74) is 1.08. The smallest absolute Gasteiger partial charge is 0.295 e. The van der Waals surface area contributed by atoms with Crippen LogP contribution < -0.4 is 4.72 Å². The van der Waals surface area contributed by atoms with Crippen LogP contribution in [0.5, 0.6) is 0 Å². The summed E-state index contributed by atoms with van der Waals surface area (Å²) >= 11 is 5.97. The van der Waals surface area contributed by atoms with Crippen LogP contribution in [0.4, 0.5) is 5.69 Å². The number of benzene rings is 2. The number of rotatable bonds is 5. The topological polar surface area (TPSA) is 98.2 Å². The predicted molar refractivity (Wildman–Crippen MR) is 99.7 cm³/mol. The summed E-state index contributed by atoms with van der Waals surface area (Å²) in [5.74, 6) is 0.710. The van der Waals surface area contributed by atoms with Crippen LogP contribution in [0.3, 0.4) is 0 Å². The van der Waals surface area contributed by atoms with E-state index in [0.717, 1.165) is 0 Å². The quantitative estimate of drug-likeness (QED) is 0.530. The summed E-state index contributed by atoms with van der Waals surface area (Å²) in [6, 6.07) is 16.4. The van der Waals surface area contributed by atoms with Crippen molar-refractivity contribution in [2.24, 2.45) is 0 Å². The second-order valence-corrected chi connectivity index (χ2v) is 7.61. The highest BCUT2D eigenvalue weighted by Crippen LogP contribution is 2.29. The minimum absolute atomic E-state index is 0.118. The van der Waals surface area contributed by atoms with Crippen LogP contribution >= 0.6 is 11.6 Å². The monoisotopic (exact) mass is 401 g/mol. The van der Waals surface area contributed by atoms with E-state index in [1.807, 2.05) is 6.07 Å². The van der Waals surface area contributed by atoms with Crippen molar-refractivity contribution in [3.8, 4) is 23.0 Å². The molecule has 0 aliphatic rings. The number of hydrogen-bond acceptors (Lipinski definition) is 6. The third-order valence-corrected chi connectivity index (χ3v) is 5.38. The fraction of sp³-hybridized carbons (Fsp3) is 0. The molecule has 0 amide bonds. The molecule has 4 rings (SSSR count). The highest BCUT2D eigenvalue weighted by molar-refractivity contribution is 7.92. The van der Waals surface area contributed by atoms with E-state index in [1.54, 1.807) is 42.5 Å². The molecule has 136 valence electrons. The van der Waals surface area contributed by atoms with Crippen LogP contribution in [0, 0.1) is 0 Å². The number of aromatic nitrogens is 2. The molecule has 2 aromatic heterocycles. The molecule has 2 heterocycles. The van der Waals surface area contributed by atoms with Crippen LogP contribution in [-0.2, 0) is 10.0 Å². The first kappa shape index (κ1) is 17.3. The van der Waals surface area contributed by atoms with E-state index in [4.69, 9.17) is 20.5 Å². The van der Waals surface area contributed by atoms with Crippen molar-refractivity contribution in [3.05, 3.63) is 71.9 Å². The average Bonchev–Trinajstić information content (AvgIpc) is 3.31. The van der Waals surface area contributed by atoms with E-state index >= 15 is 0 Å². The van der Waals surface area contributed by atoms with Gasteiger partial charge in [-0.25, -0.2) is 8.42 Å². The number of para-hydroxylation sites is 1. The Morgan fingerprint density at radius 1 is 0.963 bits per heavy atom. The van der Waals surface area contributed by atoms with Crippen molar-refractivity contribution in [2.75, 3.05) is 4.72 Å². The van der Waals surface area contributed by atoms with Crippen molar-refractivity contribution in [1.82, 2.24) is 10.1 Å². The Hall–Kier alpha value is -3.10. The molecule has 9 heteroatoms. The lowest BCUT2D eigenvalue weighted by Crippen LogP contribution is -2.12. The van der Waals surface area contributed by atoms with Crippen LogP contribution in [0.15, 0.2) is 80.8 Å². The maximum absolute atomic E-state index is 12.5. The zero-order chi connectivity index (χ0) is 18.9. The largest absolute Gasteiger partial charge is 0.458 e. The van der Waals surface area contributed by atoms with Gasteiger partial charge < -0.3 is 8.94 Å². The molecule has 0 aliphatic heterocycles. The predicted octanol–water partition coefficient (Wildman–Crippen LogP) is 4.45. The van der Waals surface area contributed by atoms with Crippen LogP contribution in [-0.4, -0.2) is 18.6 Å². The Bertz CT molecular complexity index is 1170. The molecule has 0 saturated heterocycles. The number of halogens is 1. The first-order valence-corrected chi connectivity index (χ1v) is 9.64. The zero-order valence-electron chi connectivity index (χ0n) is 13.7. The van der Waals surface area contributed by atoms with Gasteiger partial charge in [-0.1, -0.05) is 35.0 Å². The fourth-order valence-electron chi connectivity index (χ4n) is 2.38. The maximum atomic E-state index is 12.5. The lowest BCUT2D eigenvalue weighted by molar-refractivity contribution is 0.417. The van der Waals surface area contributed by atoms with Crippen molar-refractivity contribution in [1.29, 1.82) is 0 Å². The third kappa shape index (κ3) is 3.57. The number of nitrogens with zero attached hydrogens (tertiary/aromatic N) is 2. The Kier molecular flexibility index (Phi) is 4.43. The minimum Gasteiger partial charge on any atom is -0.458 e. The molecule has 0 spiro atoms. The number of anilines is 1. The van der Waals surface area contributed by atoms with Crippen molar-refractivity contribution in [3.63, 3.8) is 0 Å². The Labute approximate surface area is 159 Å². The lowest BCUT2D eigenvalue weighted by Gasteiger charge is -2.08. The van der Waals surface area contributed by atoms with E-state index in [9.17, 15) is 8.42 Å². The number of nitrogens with one attached hydrogen (secondary N) is 1. The second-order valence-electron chi connectivity index (χ2n) is 5.52. The summed E-state index contributed by atoms with van der Waals surface area (Å²) in [6.07, 6.45) is 1.42. The molecule has 7 nitrogen and oxygen atoms in total. The van der Waals surface area contributed by atoms with Crippen LogP contribution in [0.25, 0.3) is 23.0 Å². The van der Waals surface area contributed by atoms with Gasteiger partial charge in [0.1, 0.15) is 0 Å². The van der Waals surface area contributed by atoms with Crippen molar-refractivity contribution < 1.29 is 17.4 Å². The first-order valence-electron chi connectivity index (χ1n) is 7.78. The van der Waals surface area contributed by atoms with E-state index in [1.165, 1.54) is 18.4 Å². The molecule has 0 radical (unpaired) electrons. The molecule has 0 fully saturated rings. The average molecular weight is 402 g/mol. The standard InChI is InChI=1S/C18H12ClN3O4S/c19-15-10-11-25-16(15)18-20-17(21-26-18)12-6-8-14(9-7-12)27(23,24)22-13-4-2-1-3-5-13/h1-11,22H. The number of furan rings is 1. The molecule has 0 aliphatic carbocycles. The molecule has 0 bridgehead atoms. The van der Waals surface area contributed by atoms with Gasteiger partial charge in [0.25, 0.3) is 15.9 Å². The van der Waals surface area contributed by atoms with Crippen molar-refractivity contribution in [2.45, 2.75) is 4.90 Å². The molecule has 27 heavy (non-hydrogen) atoms. The highest BCUT2D eigenvalue weighted by Gasteiger charge is 2.18. The summed E-state index contributed by atoms with van der Waals surface area (Å²) < 4.78 is 37.8. The number of hydrogen-bond donors (Lipinski definition) is 1. The molecule has 1 N–H and O–H groups in total. The first-order chi connectivity index (χ1) is 13.0. The van der Waals surface area contributed by atoms with Crippen LogP contribution in [0.2, 0.25) is 5.02 Å². The van der Waals surface area contributed by atoms with Gasteiger partial charge in [0.15, 0.2) is 0 Å². The molecule has 2 aromatic carbocycles. The Morgan fingerprint density at radius 2 is 1.70 bits per heavy atom. The van der Waals surface area contributed by atoms with Gasteiger partial charge in [0.2, 0.25) is 11.6 Å². The third-order valence-electron chi connectivity index (χ3n) is 3.69. The van der Waals surface area contributed by atoms with E-state index < -0.39 is 10.0 Å². The normalized spacial score (nSPS) is 11.4. The minimum atomic E-state index is -3.69. The van der Waals surface area contributed by atoms with Gasteiger partial charge in [-0.3, -0.25) is 4.72 Å². The summed E-state index contributed by atoms with van der Waals surface area (Å²) in [5, 5.41) is 4.23. The fourth-order valence-corrected chi connectivity index (χ4v) is 3.62. The van der Waals surface area contributed by atoms with Gasteiger partial charge in [0.05, 0.1) is 16.2 Å². The molecule has 0 atom stereocenters. The summed E-state index contributed by atoms with van der Waals surface area (Å²) in [7, 11) is -3.69. The maximum Gasteiger partial charge on any atom is 0.295 e. The van der Waals surface area contributed by atoms with Crippen molar-refractivity contribution >= 4 is 27.3 Å². The van der Waals surface area contributed by atoms with Crippen LogP contribution in [0.1, 0.15) is 0 Å². The lowest BCUT2D eigenvalue weighted by atomic mass is 10.2. The summed E-state index contributed by atoms with van der Waals surface area (Å²) in [4.78, 5) is 4.34. The van der Waals surface area contributed by atoms with Gasteiger partial charge >= 0.3 is 0 Å². The van der Waals surface area contributed by atoms with Gasteiger partial charge in [-0.05, 0) is 42.5 Å². The summed E-state index contributed by atoms with van der Waals surface area (Å²) in [6.45, 7) is 0. The number of sulfonamides is 1. The van der Waals surface area contributed by atoms with Gasteiger partial charge in [-0.15, -0.1) is 0 Å². The van der Waals surface area contributed by atoms with E-state index in [0.29, 0.717) is 16.3 Å². The second kappa shape index (κ2) is 6.90. The zero-order valence-corrected chi connectivity index (χ0v) is 15.2.